The lowest BCUT2D eigenvalue weighted by Gasteiger charge is -2.36. The maximum atomic E-state index is 12.6. The number of halogens is 2. The zero-order chi connectivity index (χ0) is 17.1. The van der Waals surface area contributed by atoms with Gasteiger partial charge in [0.2, 0.25) is 0 Å². The minimum absolute atomic E-state index is 0.0430. The first-order valence-electron chi connectivity index (χ1n) is 7.71. The van der Waals surface area contributed by atoms with Crippen molar-refractivity contribution in [2.24, 2.45) is 0 Å². The maximum Gasteiger partial charge on any atom is 0.253 e. The first kappa shape index (κ1) is 16.9. The average Bonchev–Trinajstić information content (AvgIpc) is 2.60. The largest absolute Gasteiger partial charge is 0.497 e. The number of amides is 1. The van der Waals surface area contributed by atoms with Crippen LogP contribution in [0.4, 0.5) is 5.69 Å². The van der Waals surface area contributed by atoms with E-state index < -0.39 is 0 Å². The minimum atomic E-state index is 0.0430. The molecule has 0 radical (unpaired) electrons. The number of rotatable bonds is 3. The molecule has 1 aliphatic heterocycles. The second kappa shape index (κ2) is 7.32. The van der Waals surface area contributed by atoms with Crippen LogP contribution in [0, 0.1) is 0 Å². The average molecular weight is 365 g/mol. The number of ether oxygens (including phenoxy) is 1. The van der Waals surface area contributed by atoms with E-state index >= 15 is 0 Å². The number of piperazine rings is 1. The Morgan fingerprint density at radius 1 is 0.958 bits per heavy atom. The molecule has 0 saturated carbocycles. The number of benzene rings is 2. The third-order valence-corrected chi connectivity index (χ3v) is 4.55. The number of carbonyl (C=O) groups is 1. The molecule has 6 heteroatoms. The maximum absolute atomic E-state index is 12.6. The highest BCUT2D eigenvalue weighted by atomic mass is 35.5. The third kappa shape index (κ3) is 3.77. The lowest BCUT2D eigenvalue weighted by molar-refractivity contribution is 0.0747. The Kier molecular flexibility index (Phi) is 5.17. The number of carbonyl (C=O) groups excluding carboxylic acids is 1. The molecule has 1 aliphatic rings. The SMILES string of the molecule is COc1ccc(C(=O)N2CCN(c3cc(Cl)cc(Cl)c3)CC2)cc1. The Morgan fingerprint density at radius 3 is 2.08 bits per heavy atom. The lowest BCUT2D eigenvalue weighted by atomic mass is 10.1. The quantitative estimate of drug-likeness (QED) is 0.825. The van der Waals surface area contributed by atoms with Gasteiger partial charge in [-0.3, -0.25) is 4.79 Å². The predicted molar refractivity (Wildman–Crippen MR) is 97.6 cm³/mol. The van der Waals surface area contributed by atoms with E-state index in [1.807, 2.05) is 17.0 Å². The number of anilines is 1. The standard InChI is InChI=1S/C18H18Cl2N2O2/c1-24-17-4-2-13(3-5-17)18(23)22-8-6-21(7-9-22)16-11-14(19)10-15(20)12-16/h2-5,10-12H,6-9H2,1H3. The molecule has 126 valence electrons. The van der Waals surface area contributed by atoms with E-state index in [1.54, 1.807) is 37.4 Å². The fraction of sp³-hybridized carbons (Fsp3) is 0.278. The van der Waals surface area contributed by atoms with Crippen LogP contribution >= 0.6 is 23.2 Å². The van der Waals surface area contributed by atoms with E-state index in [4.69, 9.17) is 27.9 Å². The molecule has 2 aromatic carbocycles. The van der Waals surface area contributed by atoms with Crippen LogP contribution in [-0.4, -0.2) is 44.1 Å². The number of nitrogens with zero attached hydrogens (tertiary/aromatic N) is 2. The normalized spacial score (nSPS) is 14.6. The fourth-order valence-electron chi connectivity index (χ4n) is 2.81. The van der Waals surface area contributed by atoms with Gasteiger partial charge in [0.05, 0.1) is 7.11 Å². The molecule has 1 saturated heterocycles. The molecule has 1 heterocycles. The summed E-state index contributed by atoms with van der Waals surface area (Å²) in [7, 11) is 1.61. The van der Waals surface area contributed by atoms with Gasteiger partial charge in [0.25, 0.3) is 5.91 Å². The van der Waals surface area contributed by atoms with Gasteiger partial charge >= 0.3 is 0 Å². The number of hydrogen-bond acceptors (Lipinski definition) is 3. The van der Waals surface area contributed by atoms with Crippen LogP contribution < -0.4 is 9.64 Å². The summed E-state index contributed by atoms with van der Waals surface area (Å²) < 4.78 is 5.12. The molecule has 0 unspecified atom stereocenters. The van der Waals surface area contributed by atoms with Crippen LogP contribution in [0.25, 0.3) is 0 Å². The summed E-state index contributed by atoms with van der Waals surface area (Å²) >= 11 is 12.1. The molecule has 3 rings (SSSR count). The first-order chi connectivity index (χ1) is 11.6. The molecular weight excluding hydrogens is 347 g/mol. The van der Waals surface area contributed by atoms with Crippen molar-refractivity contribution in [3.05, 3.63) is 58.1 Å². The molecule has 4 nitrogen and oxygen atoms in total. The highest BCUT2D eigenvalue weighted by Crippen LogP contribution is 2.26. The Balaban J connectivity index is 1.64. The smallest absolute Gasteiger partial charge is 0.253 e. The van der Waals surface area contributed by atoms with Gasteiger partial charge in [0.15, 0.2) is 0 Å². The fourth-order valence-corrected chi connectivity index (χ4v) is 3.32. The van der Waals surface area contributed by atoms with Gasteiger partial charge in [-0.25, -0.2) is 0 Å². The van der Waals surface area contributed by atoms with Gasteiger partial charge < -0.3 is 14.5 Å². The van der Waals surface area contributed by atoms with Crippen molar-refractivity contribution < 1.29 is 9.53 Å². The van der Waals surface area contributed by atoms with Gasteiger partial charge in [-0.05, 0) is 42.5 Å². The second-order valence-corrected chi connectivity index (χ2v) is 6.51. The van der Waals surface area contributed by atoms with E-state index in [1.165, 1.54) is 0 Å². The van der Waals surface area contributed by atoms with Crippen molar-refractivity contribution in [2.45, 2.75) is 0 Å². The van der Waals surface area contributed by atoms with Gasteiger partial charge in [-0.1, -0.05) is 23.2 Å². The molecule has 0 atom stereocenters. The van der Waals surface area contributed by atoms with Crippen LogP contribution in [0.3, 0.4) is 0 Å². The van der Waals surface area contributed by atoms with E-state index in [-0.39, 0.29) is 5.91 Å². The molecule has 0 bridgehead atoms. The zero-order valence-electron chi connectivity index (χ0n) is 13.3. The monoisotopic (exact) mass is 364 g/mol. The molecule has 0 aromatic heterocycles. The molecular formula is C18H18Cl2N2O2. The van der Waals surface area contributed by atoms with Gasteiger partial charge in [0, 0.05) is 47.5 Å². The van der Waals surface area contributed by atoms with Crippen molar-refractivity contribution in [3.8, 4) is 5.75 Å². The number of hydrogen-bond donors (Lipinski definition) is 0. The van der Waals surface area contributed by atoms with Gasteiger partial charge in [0.1, 0.15) is 5.75 Å². The van der Waals surface area contributed by atoms with Crippen LogP contribution in [0.15, 0.2) is 42.5 Å². The Morgan fingerprint density at radius 2 is 1.54 bits per heavy atom. The zero-order valence-corrected chi connectivity index (χ0v) is 14.8. The van der Waals surface area contributed by atoms with E-state index in [0.29, 0.717) is 28.7 Å². The summed E-state index contributed by atoms with van der Waals surface area (Å²) in [5, 5.41) is 1.24. The van der Waals surface area contributed by atoms with Crippen molar-refractivity contribution in [1.82, 2.24) is 4.90 Å². The summed E-state index contributed by atoms with van der Waals surface area (Å²) in [6, 6.07) is 12.7. The molecule has 2 aromatic rings. The summed E-state index contributed by atoms with van der Waals surface area (Å²) in [5.74, 6) is 0.788. The molecule has 0 aliphatic carbocycles. The third-order valence-electron chi connectivity index (χ3n) is 4.12. The summed E-state index contributed by atoms with van der Waals surface area (Å²) in [4.78, 5) is 16.6. The summed E-state index contributed by atoms with van der Waals surface area (Å²) in [6.07, 6.45) is 0. The van der Waals surface area contributed by atoms with Crippen LogP contribution in [0.1, 0.15) is 10.4 Å². The second-order valence-electron chi connectivity index (χ2n) is 5.64. The first-order valence-corrected chi connectivity index (χ1v) is 8.47. The minimum Gasteiger partial charge on any atom is -0.497 e. The van der Waals surface area contributed by atoms with Crippen molar-refractivity contribution in [1.29, 1.82) is 0 Å². The topological polar surface area (TPSA) is 32.8 Å². The van der Waals surface area contributed by atoms with Crippen LogP contribution in [0.2, 0.25) is 10.0 Å². The molecule has 0 spiro atoms. The van der Waals surface area contributed by atoms with Gasteiger partial charge in [-0.2, -0.15) is 0 Å². The van der Waals surface area contributed by atoms with E-state index in [0.717, 1.165) is 24.5 Å². The summed E-state index contributed by atoms with van der Waals surface area (Å²) in [5.41, 5.74) is 1.67. The number of methoxy groups -OCH3 is 1. The highest BCUT2D eigenvalue weighted by molar-refractivity contribution is 6.35. The van der Waals surface area contributed by atoms with Crippen molar-refractivity contribution in [2.75, 3.05) is 38.2 Å². The summed E-state index contributed by atoms with van der Waals surface area (Å²) in [6.45, 7) is 2.82. The van der Waals surface area contributed by atoms with Crippen LogP contribution in [-0.2, 0) is 0 Å². The van der Waals surface area contributed by atoms with Crippen molar-refractivity contribution >= 4 is 34.8 Å². The van der Waals surface area contributed by atoms with Gasteiger partial charge in [-0.15, -0.1) is 0 Å². The van der Waals surface area contributed by atoms with E-state index in [9.17, 15) is 4.79 Å². The molecule has 1 amide bonds. The molecule has 0 N–H and O–H groups in total. The molecule has 24 heavy (non-hydrogen) atoms. The molecule has 1 fully saturated rings. The Labute approximate surface area is 151 Å². The predicted octanol–water partition coefficient (Wildman–Crippen LogP) is 3.96. The van der Waals surface area contributed by atoms with E-state index in [2.05, 4.69) is 4.90 Å². The highest BCUT2D eigenvalue weighted by Gasteiger charge is 2.22. The van der Waals surface area contributed by atoms with Crippen molar-refractivity contribution in [3.63, 3.8) is 0 Å². The van der Waals surface area contributed by atoms with Crippen LogP contribution in [0.5, 0.6) is 5.75 Å². The Bertz CT molecular complexity index is 706. The lowest BCUT2D eigenvalue weighted by Crippen LogP contribution is -2.48. The Hall–Kier alpha value is -1.91.